The first kappa shape index (κ1) is 40.1. The molecule has 2 aliphatic carbocycles. The fraction of sp³-hybridized carbons (Fsp3) is 0.0294. The second-order valence-corrected chi connectivity index (χ2v) is 18.8. The molecular formula is C68H46N2. The van der Waals surface area contributed by atoms with Gasteiger partial charge in [-0.3, -0.25) is 0 Å². The van der Waals surface area contributed by atoms with Crippen molar-refractivity contribution in [2.24, 2.45) is 5.92 Å². The van der Waals surface area contributed by atoms with Gasteiger partial charge in [0, 0.05) is 45.4 Å². The average molecular weight is 891 g/mol. The summed E-state index contributed by atoms with van der Waals surface area (Å²) in [4.78, 5) is 2.42. The molecule has 1 aromatic heterocycles. The van der Waals surface area contributed by atoms with Crippen LogP contribution in [0.1, 0.15) is 22.6 Å². The van der Waals surface area contributed by atoms with E-state index in [1.807, 2.05) is 0 Å². The van der Waals surface area contributed by atoms with Crippen molar-refractivity contribution in [3.05, 3.63) is 278 Å². The number of allylic oxidation sites excluding steroid dienone is 5. The Morgan fingerprint density at radius 1 is 0.357 bits per heavy atom. The average Bonchev–Trinajstić information content (AvgIpc) is 3.76. The van der Waals surface area contributed by atoms with E-state index in [0.717, 1.165) is 22.7 Å². The SMILES string of the molecule is C1=CC2C(c3ccc(N(c4ccc(-c5cc6ccccc6c6ccccc56)cc4)c4cccc(-c5cccc6c5c5cc7ccccc7cc5n6-c5ccccc5)c4)cc3)=Cc3ccccc3C2C=C1. The highest BCUT2D eigenvalue weighted by Crippen LogP contribution is 2.48. The van der Waals surface area contributed by atoms with E-state index in [-0.39, 0.29) is 5.92 Å². The summed E-state index contributed by atoms with van der Waals surface area (Å²) >= 11 is 0. The quantitative estimate of drug-likeness (QED) is 0.145. The maximum absolute atomic E-state index is 2.43. The molecule has 2 unspecified atom stereocenters. The smallest absolute Gasteiger partial charge is 0.0547 e. The van der Waals surface area contributed by atoms with Gasteiger partial charge in [0.25, 0.3) is 0 Å². The van der Waals surface area contributed by atoms with E-state index < -0.39 is 0 Å². The number of para-hydroxylation sites is 1. The van der Waals surface area contributed by atoms with Gasteiger partial charge in [-0.25, -0.2) is 0 Å². The van der Waals surface area contributed by atoms with Crippen LogP contribution in [0, 0.1) is 5.92 Å². The summed E-state index contributed by atoms with van der Waals surface area (Å²) in [6.07, 6.45) is 11.6. The number of hydrogen-bond donors (Lipinski definition) is 0. The number of fused-ring (bicyclic) bond motifs is 10. The highest BCUT2D eigenvalue weighted by molar-refractivity contribution is 6.19. The van der Waals surface area contributed by atoms with Crippen LogP contribution in [0.3, 0.4) is 0 Å². The number of nitrogens with zero attached hydrogens (tertiary/aromatic N) is 2. The molecule has 0 N–H and O–H groups in total. The summed E-state index contributed by atoms with van der Waals surface area (Å²) in [5.41, 5.74) is 16.9. The predicted octanol–water partition coefficient (Wildman–Crippen LogP) is 18.4. The fourth-order valence-electron chi connectivity index (χ4n) is 11.7. The van der Waals surface area contributed by atoms with Crippen molar-refractivity contribution in [2.45, 2.75) is 5.92 Å². The molecule has 0 saturated carbocycles. The number of rotatable bonds is 7. The standard InChI is InChI=1S/C68H46N2/c1-2-21-52(22-3-1)70-66-31-15-30-58(68(66)65-41-47-16-4-5-17-48(47)44-67(65)70)49-20-14-23-55(40-49)69(53-36-32-45(33-37-53)63-42-50-18-6-8-24-56(50)59-26-10-12-28-61(59)63)54-38-34-46(35-39-54)64-43-51-19-7-9-25-57(51)60-27-11-13-29-62(60)64/h1-44,59,61H. The fourth-order valence-corrected chi connectivity index (χ4v) is 11.7. The van der Waals surface area contributed by atoms with Crippen LogP contribution in [-0.2, 0) is 0 Å². The van der Waals surface area contributed by atoms with Crippen LogP contribution in [0.15, 0.2) is 261 Å². The van der Waals surface area contributed by atoms with Crippen molar-refractivity contribution in [1.82, 2.24) is 4.57 Å². The Kier molecular flexibility index (Phi) is 9.38. The molecule has 11 aromatic carbocycles. The first-order valence-corrected chi connectivity index (χ1v) is 24.4. The highest BCUT2D eigenvalue weighted by Gasteiger charge is 2.30. The van der Waals surface area contributed by atoms with E-state index in [1.165, 1.54) is 98.6 Å². The van der Waals surface area contributed by atoms with E-state index in [2.05, 4.69) is 276 Å². The van der Waals surface area contributed by atoms with E-state index in [4.69, 9.17) is 0 Å². The van der Waals surface area contributed by atoms with E-state index >= 15 is 0 Å². The molecule has 0 radical (unpaired) electrons. The molecule has 70 heavy (non-hydrogen) atoms. The zero-order valence-electron chi connectivity index (χ0n) is 38.5. The minimum Gasteiger partial charge on any atom is -0.310 e. The summed E-state index contributed by atoms with van der Waals surface area (Å²) in [7, 11) is 0. The highest BCUT2D eigenvalue weighted by atomic mass is 15.1. The van der Waals surface area contributed by atoms with Crippen LogP contribution in [0.2, 0.25) is 0 Å². The summed E-state index contributed by atoms with van der Waals surface area (Å²) in [6, 6.07) is 87.4. The number of hydrogen-bond acceptors (Lipinski definition) is 1. The predicted molar refractivity (Wildman–Crippen MR) is 298 cm³/mol. The normalized spacial score (nSPS) is 15.1. The Morgan fingerprint density at radius 2 is 1.00 bits per heavy atom. The van der Waals surface area contributed by atoms with Crippen molar-refractivity contribution in [3.63, 3.8) is 0 Å². The molecule has 2 atom stereocenters. The third-order valence-corrected chi connectivity index (χ3v) is 14.9. The Balaban J connectivity index is 0.928. The lowest BCUT2D eigenvalue weighted by Crippen LogP contribution is -2.17. The maximum Gasteiger partial charge on any atom is 0.0547 e. The van der Waals surface area contributed by atoms with Crippen LogP contribution >= 0.6 is 0 Å². The van der Waals surface area contributed by atoms with Crippen LogP contribution < -0.4 is 4.90 Å². The Hall–Kier alpha value is -8.98. The topological polar surface area (TPSA) is 8.17 Å². The lowest BCUT2D eigenvalue weighted by atomic mass is 9.71. The lowest BCUT2D eigenvalue weighted by molar-refractivity contribution is 0.709. The number of aromatic nitrogens is 1. The molecule has 14 rings (SSSR count). The zero-order valence-corrected chi connectivity index (χ0v) is 38.5. The largest absolute Gasteiger partial charge is 0.310 e. The molecule has 328 valence electrons. The van der Waals surface area contributed by atoms with E-state index in [0.29, 0.717) is 5.92 Å². The van der Waals surface area contributed by atoms with Gasteiger partial charge in [-0.05, 0) is 150 Å². The monoisotopic (exact) mass is 890 g/mol. The maximum atomic E-state index is 2.43. The van der Waals surface area contributed by atoms with Gasteiger partial charge >= 0.3 is 0 Å². The van der Waals surface area contributed by atoms with Gasteiger partial charge in [0.1, 0.15) is 0 Å². The Morgan fingerprint density at radius 3 is 1.80 bits per heavy atom. The van der Waals surface area contributed by atoms with Gasteiger partial charge in [0.05, 0.1) is 11.0 Å². The summed E-state index contributed by atoms with van der Waals surface area (Å²) in [5.74, 6) is 0.606. The molecule has 0 fully saturated rings. The van der Waals surface area contributed by atoms with Crippen molar-refractivity contribution < 1.29 is 0 Å². The first-order chi connectivity index (χ1) is 34.7. The molecule has 0 amide bonds. The Labute approximate surface area is 407 Å². The van der Waals surface area contributed by atoms with Gasteiger partial charge < -0.3 is 9.47 Å². The second kappa shape index (κ2) is 16.4. The molecule has 2 nitrogen and oxygen atoms in total. The van der Waals surface area contributed by atoms with Gasteiger partial charge in [0.2, 0.25) is 0 Å². The van der Waals surface area contributed by atoms with E-state index in [1.54, 1.807) is 0 Å². The molecule has 0 aliphatic heterocycles. The zero-order chi connectivity index (χ0) is 46.1. The van der Waals surface area contributed by atoms with Gasteiger partial charge in [-0.2, -0.15) is 0 Å². The van der Waals surface area contributed by atoms with Gasteiger partial charge in [0.15, 0.2) is 0 Å². The van der Waals surface area contributed by atoms with Crippen LogP contribution in [0.25, 0.3) is 93.7 Å². The molecular weight excluding hydrogens is 845 g/mol. The number of anilines is 3. The van der Waals surface area contributed by atoms with Gasteiger partial charge in [-0.1, -0.05) is 194 Å². The van der Waals surface area contributed by atoms with Crippen molar-refractivity contribution in [2.75, 3.05) is 4.90 Å². The molecule has 0 bridgehead atoms. The second-order valence-electron chi connectivity index (χ2n) is 18.8. The molecule has 1 heterocycles. The number of benzene rings is 11. The minimum atomic E-state index is 0.283. The Bertz CT molecular complexity index is 4110. The first-order valence-electron chi connectivity index (χ1n) is 24.4. The molecule has 2 aliphatic rings. The van der Waals surface area contributed by atoms with Crippen LogP contribution in [0.4, 0.5) is 17.1 Å². The van der Waals surface area contributed by atoms with Gasteiger partial charge in [-0.15, -0.1) is 0 Å². The van der Waals surface area contributed by atoms with Crippen molar-refractivity contribution in [3.8, 4) is 27.9 Å². The van der Waals surface area contributed by atoms with Crippen LogP contribution in [-0.4, -0.2) is 4.57 Å². The molecule has 2 heteroatoms. The molecule has 12 aromatic rings. The van der Waals surface area contributed by atoms with E-state index in [9.17, 15) is 0 Å². The minimum absolute atomic E-state index is 0.283. The molecule has 0 saturated heterocycles. The van der Waals surface area contributed by atoms with Crippen molar-refractivity contribution >= 4 is 82.8 Å². The summed E-state index contributed by atoms with van der Waals surface area (Å²) in [5, 5.41) is 10.0. The third-order valence-electron chi connectivity index (χ3n) is 14.9. The summed E-state index contributed by atoms with van der Waals surface area (Å²) in [6.45, 7) is 0. The lowest BCUT2D eigenvalue weighted by Gasteiger charge is -2.33. The van der Waals surface area contributed by atoms with Crippen LogP contribution in [0.5, 0.6) is 0 Å². The molecule has 0 spiro atoms. The van der Waals surface area contributed by atoms with Crippen molar-refractivity contribution in [1.29, 1.82) is 0 Å². The summed E-state index contributed by atoms with van der Waals surface area (Å²) < 4.78 is 2.43. The third kappa shape index (κ3) is 6.56.